The van der Waals surface area contributed by atoms with Crippen molar-refractivity contribution < 1.29 is 43.6 Å². The van der Waals surface area contributed by atoms with Crippen LogP contribution in [0.5, 0.6) is 11.5 Å². The van der Waals surface area contributed by atoms with E-state index in [0.717, 1.165) is 24.3 Å². The Hall–Kier alpha value is -5.79. The van der Waals surface area contributed by atoms with E-state index in [1.807, 2.05) is 0 Å². The Kier molecular flexibility index (Phi) is 8.80. The Balaban J connectivity index is 1.59. The molecule has 0 spiro atoms. The second-order valence-corrected chi connectivity index (χ2v) is 14.9. The van der Waals surface area contributed by atoms with Crippen molar-refractivity contribution in [2.45, 2.75) is 14.7 Å². The maximum Gasteiger partial charge on any atom is 0.339 e. The van der Waals surface area contributed by atoms with E-state index in [1.165, 1.54) is 54.6 Å². The Morgan fingerprint density at radius 1 is 0.560 bits per heavy atom. The summed E-state index contributed by atoms with van der Waals surface area (Å²) < 4.78 is 99.7. The van der Waals surface area contributed by atoms with Crippen molar-refractivity contribution >= 4 is 80.3 Å². The summed E-state index contributed by atoms with van der Waals surface area (Å²) in [5.41, 5.74) is 6.33. The van der Waals surface area contributed by atoms with Gasteiger partial charge in [-0.3, -0.25) is 9.11 Å². The first-order valence-electron chi connectivity index (χ1n) is 14.1. The Morgan fingerprint density at radius 3 is 1.90 bits per heavy atom. The summed E-state index contributed by atoms with van der Waals surface area (Å²) in [6.45, 7) is 0. The molecule has 6 aromatic rings. The van der Waals surface area contributed by atoms with E-state index in [-0.39, 0.29) is 49.9 Å². The van der Waals surface area contributed by atoms with Gasteiger partial charge >= 0.3 is 10.1 Å². The molecular formula is C32H23N5O10S3. The van der Waals surface area contributed by atoms with Crippen LogP contribution in [-0.2, 0) is 30.4 Å². The molecule has 0 heterocycles. The lowest BCUT2D eigenvalue weighted by Gasteiger charge is -2.14. The molecule has 6 aromatic carbocycles. The molecular weight excluding hydrogens is 711 g/mol. The third-order valence-electron chi connectivity index (χ3n) is 7.23. The lowest BCUT2D eigenvalue weighted by molar-refractivity contribution is 0.477. The van der Waals surface area contributed by atoms with Crippen molar-refractivity contribution in [3.8, 4) is 11.5 Å². The molecule has 0 radical (unpaired) electrons. The fraction of sp³-hybridized carbons (Fsp3) is 0. The van der Waals surface area contributed by atoms with Gasteiger partial charge < -0.3 is 15.0 Å². The first-order chi connectivity index (χ1) is 23.6. The van der Waals surface area contributed by atoms with Crippen LogP contribution in [0.4, 0.5) is 28.4 Å². The number of azo groups is 2. The van der Waals surface area contributed by atoms with Gasteiger partial charge in [0, 0.05) is 16.8 Å². The van der Waals surface area contributed by atoms with E-state index >= 15 is 0 Å². The van der Waals surface area contributed by atoms with Crippen LogP contribution >= 0.6 is 0 Å². The number of nitrogen functional groups attached to an aromatic ring is 1. The average Bonchev–Trinajstić information content (AvgIpc) is 3.07. The second kappa shape index (κ2) is 12.9. The number of hydrogen-bond donors (Lipinski definition) is 4. The molecule has 0 fully saturated rings. The zero-order valence-electron chi connectivity index (χ0n) is 25.2. The maximum absolute atomic E-state index is 13.4. The molecule has 0 aliphatic heterocycles. The number of fused-ring (bicyclic) bond motifs is 2. The summed E-state index contributed by atoms with van der Waals surface area (Å²) in [6.07, 6.45) is 0. The summed E-state index contributed by atoms with van der Waals surface area (Å²) in [6, 6.07) is 24.3. The highest BCUT2D eigenvalue weighted by atomic mass is 32.2. The monoisotopic (exact) mass is 733 g/mol. The molecule has 0 amide bonds. The van der Waals surface area contributed by atoms with Gasteiger partial charge in [-0.05, 0) is 66.0 Å². The molecule has 15 nitrogen and oxygen atoms in total. The minimum atomic E-state index is -4.98. The van der Waals surface area contributed by atoms with Crippen molar-refractivity contribution in [1.82, 2.24) is 0 Å². The molecule has 0 unspecified atom stereocenters. The summed E-state index contributed by atoms with van der Waals surface area (Å²) in [5.74, 6) is -0.679. The molecule has 50 heavy (non-hydrogen) atoms. The SMILES string of the molecule is Nc1c(N=Nc2ccc(N=Nc3cccc(S(=O)(=O)O)c3)c3cc(S(=O)(=O)O)cc(OS(=O)(=O)c4ccccc4)c23)ccc2cccc(O)c12. The van der Waals surface area contributed by atoms with Gasteiger partial charge in [-0.25, -0.2) is 0 Å². The van der Waals surface area contributed by atoms with Crippen LogP contribution in [0.15, 0.2) is 144 Å². The van der Waals surface area contributed by atoms with Crippen molar-refractivity contribution in [1.29, 1.82) is 0 Å². The largest absolute Gasteiger partial charge is 0.507 e. The first-order valence-corrected chi connectivity index (χ1v) is 18.4. The molecule has 5 N–H and O–H groups in total. The highest BCUT2D eigenvalue weighted by Crippen LogP contribution is 2.44. The number of rotatable bonds is 9. The normalized spacial score (nSPS) is 12.7. The molecule has 0 saturated carbocycles. The van der Waals surface area contributed by atoms with Gasteiger partial charge in [-0.1, -0.05) is 42.5 Å². The Bertz CT molecular complexity index is 2720. The average molecular weight is 734 g/mol. The van der Waals surface area contributed by atoms with Crippen LogP contribution < -0.4 is 9.92 Å². The number of hydrogen-bond acceptors (Lipinski definition) is 13. The van der Waals surface area contributed by atoms with E-state index in [9.17, 15) is 39.5 Å². The van der Waals surface area contributed by atoms with E-state index in [0.29, 0.717) is 10.8 Å². The van der Waals surface area contributed by atoms with Gasteiger partial charge in [-0.2, -0.15) is 30.4 Å². The molecule has 0 aromatic heterocycles. The zero-order chi connectivity index (χ0) is 35.8. The molecule has 0 saturated heterocycles. The summed E-state index contributed by atoms with van der Waals surface area (Å²) in [4.78, 5) is -1.50. The quantitative estimate of drug-likeness (QED) is 0.0494. The van der Waals surface area contributed by atoms with Crippen LogP contribution in [0.25, 0.3) is 21.5 Å². The number of anilines is 1. The van der Waals surface area contributed by atoms with Gasteiger partial charge in [0.05, 0.1) is 37.9 Å². The van der Waals surface area contributed by atoms with Crippen molar-refractivity contribution in [3.05, 3.63) is 109 Å². The third-order valence-corrected chi connectivity index (χ3v) is 10.2. The van der Waals surface area contributed by atoms with E-state index in [1.54, 1.807) is 30.3 Å². The van der Waals surface area contributed by atoms with Crippen LogP contribution in [-0.4, -0.2) is 39.5 Å². The molecule has 254 valence electrons. The number of phenols is 1. The number of aromatic hydroxyl groups is 1. The van der Waals surface area contributed by atoms with Gasteiger partial charge in [-0.15, -0.1) is 15.3 Å². The molecule has 0 atom stereocenters. The highest BCUT2D eigenvalue weighted by Gasteiger charge is 2.24. The summed E-state index contributed by atoms with van der Waals surface area (Å²) in [5, 5.41) is 27.7. The van der Waals surface area contributed by atoms with Gasteiger partial charge in [0.25, 0.3) is 20.2 Å². The van der Waals surface area contributed by atoms with Crippen LogP contribution in [0.1, 0.15) is 0 Å². The summed E-state index contributed by atoms with van der Waals surface area (Å²) in [7, 11) is -14.2. The molecule has 0 aliphatic rings. The number of benzene rings is 6. The van der Waals surface area contributed by atoms with Crippen LogP contribution in [0.2, 0.25) is 0 Å². The van der Waals surface area contributed by atoms with Crippen LogP contribution in [0, 0.1) is 0 Å². The van der Waals surface area contributed by atoms with E-state index in [4.69, 9.17) is 9.92 Å². The van der Waals surface area contributed by atoms with Gasteiger partial charge in [0.2, 0.25) is 0 Å². The Labute approximate surface area is 284 Å². The fourth-order valence-electron chi connectivity index (χ4n) is 4.92. The summed E-state index contributed by atoms with van der Waals surface area (Å²) >= 11 is 0. The smallest absolute Gasteiger partial charge is 0.339 e. The third kappa shape index (κ3) is 7.00. The first kappa shape index (κ1) is 34.1. The predicted octanol–water partition coefficient (Wildman–Crippen LogP) is 7.37. The van der Waals surface area contributed by atoms with Gasteiger partial charge in [0.15, 0.2) is 5.75 Å². The topological polar surface area (TPSA) is 248 Å². The number of nitrogens with two attached hydrogens (primary N) is 1. The molecule has 6 rings (SSSR count). The van der Waals surface area contributed by atoms with E-state index in [2.05, 4.69) is 20.5 Å². The van der Waals surface area contributed by atoms with Crippen molar-refractivity contribution in [3.63, 3.8) is 0 Å². The zero-order valence-corrected chi connectivity index (χ0v) is 27.6. The molecule has 18 heteroatoms. The second-order valence-electron chi connectivity index (χ2n) is 10.5. The van der Waals surface area contributed by atoms with Gasteiger partial charge in [0.1, 0.15) is 16.3 Å². The fourth-order valence-corrected chi connectivity index (χ4v) is 6.91. The number of phenolic OH excluding ortho intramolecular Hbond substituents is 1. The minimum Gasteiger partial charge on any atom is -0.507 e. The highest BCUT2D eigenvalue weighted by molar-refractivity contribution is 7.87. The van der Waals surface area contributed by atoms with E-state index < -0.39 is 45.9 Å². The lowest BCUT2D eigenvalue weighted by atomic mass is 10.1. The van der Waals surface area contributed by atoms with Crippen molar-refractivity contribution in [2.75, 3.05) is 5.73 Å². The lowest BCUT2D eigenvalue weighted by Crippen LogP contribution is -2.10. The Morgan fingerprint density at radius 2 is 1.18 bits per heavy atom. The molecule has 0 aliphatic carbocycles. The minimum absolute atomic E-state index is 0.0267. The standard InChI is InChI=1S/C32H23N5O10S3/c33-32-27(13-12-19-6-4-11-28(38)30(19)32)37-36-26-15-14-25(35-34-20-7-5-10-22(16-20)48(39,40)41)24-17-23(49(42,43)44)18-29(31(24)26)47-50(45,46)21-8-2-1-3-9-21/h1-18,38H,33H2,(H,39,40,41)(H,42,43,44). The molecule has 0 bridgehead atoms. The number of nitrogens with zero attached hydrogens (tertiary/aromatic N) is 4. The van der Waals surface area contributed by atoms with Crippen LogP contribution in [0.3, 0.4) is 0 Å². The predicted molar refractivity (Wildman–Crippen MR) is 183 cm³/mol. The maximum atomic E-state index is 13.4. The van der Waals surface area contributed by atoms with Crippen molar-refractivity contribution in [2.24, 2.45) is 20.5 Å².